The van der Waals surface area contributed by atoms with E-state index >= 15 is 0 Å². The monoisotopic (exact) mass is 199 g/mol. The van der Waals surface area contributed by atoms with Gasteiger partial charge in [0.1, 0.15) is 0 Å². The van der Waals surface area contributed by atoms with E-state index in [9.17, 15) is 0 Å². The normalized spacial score (nSPS) is 15.4. The van der Waals surface area contributed by atoms with E-state index < -0.39 is 0 Å². The molecule has 0 bridgehead atoms. The Bertz CT molecular complexity index is 96.9. The second-order valence-electron chi connectivity index (χ2n) is 4.44. The van der Waals surface area contributed by atoms with Gasteiger partial charge in [0.2, 0.25) is 0 Å². The van der Waals surface area contributed by atoms with E-state index in [-0.39, 0.29) is 6.04 Å². The summed E-state index contributed by atoms with van der Waals surface area (Å²) in [6.07, 6.45) is 10.1. The van der Waals surface area contributed by atoms with Crippen molar-refractivity contribution >= 4 is 0 Å². The maximum atomic E-state index is 5.67. The van der Waals surface area contributed by atoms with Crippen LogP contribution in [0.15, 0.2) is 0 Å². The summed E-state index contributed by atoms with van der Waals surface area (Å²) in [4.78, 5) is 0. The van der Waals surface area contributed by atoms with Gasteiger partial charge in [-0.15, -0.1) is 0 Å². The number of hydrogen-bond acceptors (Lipinski definition) is 2. The molecule has 0 saturated heterocycles. The zero-order chi connectivity index (χ0) is 10.8. The highest BCUT2D eigenvalue weighted by molar-refractivity contribution is 4.62. The van der Waals surface area contributed by atoms with Crippen LogP contribution in [0.3, 0.4) is 0 Å². The third kappa shape index (κ3) is 11.9. The molecule has 14 heavy (non-hydrogen) atoms. The van der Waals surface area contributed by atoms with Crippen LogP contribution >= 0.6 is 0 Å². The second kappa shape index (κ2) is 9.47. The average Bonchev–Trinajstić information content (AvgIpc) is 2.08. The number of unbranched alkanes of at least 4 members (excludes halogenated alkanes) is 5. The van der Waals surface area contributed by atoms with Gasteiger partial charge in [-0.05, 0) is 26.7 Å². The highest BCUT2D eigenvalue weighted by Gasteiger charge is 1.96. The Morgan fingerprint density at radius 1 is 0.857 bits per heavy atom. The van der Waals surface area contributed by atoms with E-state index in [1.165, 1.54) is 44.9 Å². The van der Waals surface area contributed by atoms with Gasteiger partial charge in [0.15, 0.2) is 0 Å². The molecule has 85 valence electrons. The molecule has 0 saturated carbocycles. The van der Waals surface area contributed by atoms with Crippen LogP contribution < -0.4 is 11.5 Å². The summed E-state index contributed by atoms with van der Waals surface area (Å²) >= 11 is 0. The van der Waals surface area contributed by atoms with Crippen molar-refractivity contribution in [3.8, 4) is 0 Å². The largest absolute Gasteiger partial charge is 0.328 e. The van der Waals surface area contributed by atoms with Crippen molar-refractivity contribution in [2.75, 3.05) is 0 Å². The lowest BCUT2D eigenvalue weighted by molar-refractivity contribution is 0.535. The lowest BCUT2D eigenvalue weighted by Crippen LogP contribution is -2.14. The molecule has 0 aromatic rings. The molecule has 4 N–H and O–H groups in total. The van der Waals surface area contributed by atoms with Gasteiger partial charge < -0.3 is 11.5 Å². The average molecular weight is 199 g/mol. The van der Waals surface area contributed by atoms with Crippen molar-refractivity contribution in [3.63, 3.8) is 0 Å². The molecule has 0 spiro atoms. The van der Waals surface area contributed by atoms with E-state index in [2.05, 4.69) is 13.8 Å². The Labute approximate surface area is 89.4 Å². The summed E-state index contributed by atoms with van der Waals surface area (Å²) < 4.78 is 0. The fourth-order valence-corrected chi connectivity index (χ4v) is 1.58. The SMILES string of the molecule is [CH2]C(N)CCCCCCCCC(C)N. The van der Waals surface area contributed by atoms with Crippen molar-refractivity contribution < 1.29 is 0 Å². The molecule has 0 aliphatic heterocycles. The molecule has 0 fully saturated rings. The van der Waals surface area contributed by atoms with Crippen LogP contribution in [0.2, 0.25) is 0 Å². The zero-order valence-corrected chi connectivity index (χ0v) is 9.67. The first-order valence-electron chi connectivity index (χ1n) is 5.97. The Kier molecular flexibility index (Phi) is 9.42. The Balaban J connectivity index is 2.92. The minimum Gasteiger partial charge on any atom is -0.328 e. The predicted molar refractivity (Wildman–Crippen MR) is 63.9 cm³/mol. The van der Waals surface area contributed by atoms with Gasteiger partial charge in [-0.2, -0.15) is 0 Å². The van der Waals surface area contributed by atoms with Crippen molar-refractivity contribution in [1.82, 2.24) is 0 Å². The van der Waals surface area contributed by atoms with Gasteiger partial charge in [-0.3, -0.25) is 0 Å². The predicted octanol–water partition coefficient (Wildman–Crippen LogP) is 2.62. The fourth-order valence-electron chi connectivity index (χ4n) is 1.58. The minimum absolute atomic E-state index is 0.132. The summed E-state index contributed by atoms with van der Waals surface area (Å²) in [5, 5.41) is 0. The molecule has 0 heterocycles. The van der Waals surface area contributed by atoms with E-state index in [0.717, 1.165) is 6.42 Å². The minimum atomic E-state index is 0.132. The molecule has 0 rings (SSSR count). The second-order valence-corrected chi connectivity index (χ2v) is 4.44. The fraction of sp³-hybridized carbons (Fsp3) is 0.917. The zero-order valence-electron chi connectivity index (χ0n) is 9.67. The quantitative estimate of drug-likeness (QED) is 0.561. The summed E-state index contributed by atoms with van der Waals surface area (Å²) in [5.74, 6) is 0. The van der Waals surface area contributed by atoms with Crippen LogP contribution in [0.5, 0.6) is 0 Å². The van der Waals surface area contributed by atoms with E-state index in [0.29, 0.717) is 6.04 Å². The van der Waals surface area contributed by atoms with Crippen LogP contribution in [0.4, 0.5) is 0 Å². The number of nitrogens with two attached hydrogens (primary N) is 2. The first kappa shape index (κ1) is 13.9. The molecular weight excluding hydrogens is 172 g/mol. The topological polar surface area (TPSA) is 52.0 Å². The smallest absolute Gasteiger partial charge is 0.00394 e. The van der Waals surface area contributed by atoms with Gasteiger partial charge in [-0.25, -0.2) is 0 Å². The van der Waals surface area contributed by atoms with Crippen LogP contribution in [0.1, 0.15) is 58.3 Å². The number of hydrogen-bond donors (Lipinski definition) is 2. The summed E-state index contributed by atoms with van der Waals surface area (Å²) in [5.41, 5.74) is 11.2. The molecule has 2 unspecified atom stereocenters. The van der Waals surface area contributed by atoms with E-state index in [4.69, 9.17) is 11.5 Å². The molecule has 2 heteroatoms. The standard InChI is InChI=1S/C12H27N2/c1-11(13)9-7-5-3-4-6-8-10-12(2)14/h11-12H,1,3-10,13-14H2,2H3. The molecule has 0 amide bonds. The van der Waals surface area contributed by atoms with Crippen LogP contribution in [0.25, 0.3) is 0 Å². The highest BCUT2D eigenvalue weighted by Crippen LogP contribution is 2.09. The van der Waals surface area contributed by atoms with Crippen LogP contribution in [-0.2, 0) is 0 Å². The molecule has 0 aliphatic rings. The molecular formula is C12H27N2. The summed E-state index contributed by atoms with van der Waals surface area (Å²) in [7, 11) is 0. The molecule has 0 aromatic heterocycles. The van der Waals surface area contributed by atoms with Crippen LogP contribution in [-0.4, -0.2) is 12.1 Å². The van der Waals surface area contributed by atoms with Gasteiger partial charge in [0, 0.05) is 12.1 Å². The van der Waals surface area contributed by atoms with Crippen LogP contribution in [0, 0.1) is 6.92 Å². The van der Waals surface area contributed by atoms with Gasteiger partial charge in [0.25, 0.3) is 0 Å². The van der Waals surface area contributed by atoms with Gasteiger partial charge in [0.05, 0.1) is 0 Å². The maximum absolute atomic E-state index is 5.67. The summed E-state index contributed by atoms with van der Waals surface area (Å²) in [6.45, 7) is 5.85. The molecule has 2 nitrogen and oxygen atoms in total. The summed E-state index contributed by atoms with van der Waals surface area (Å²) in [6, 6.07) is 0.507. The van der Waals surface area contributed by atoms with Crippen molar-refractivity contribution in [3.05, 3.63) is 6.92 Å². The first-order valence-corrected chi connectivity index (χ1v) is 5.97. The van der Waals surface area contributed by atoms with Gasteiger partial charge >= 0.3 is 0 Å². The first-order chi connectivity index (χ1) is 6.63. The Morgan fingerprint density at radius 2 is 1.29 bits per heavy atom. The van der Waals surface area contributed by atoms with E-state index in [1.807, 2.05) is 0 Å². The van der Waals surface area contributed by atoms with Gasteiger partial charge in [-0.1, -0.05) is 38.5 Å². The molecule has 1 radical (unpaired) electrons. The third-order valence-corrected chi connectivity index (χ3v) is 2.48. The van der Waals surface area contributed by atoms with Crippen molar-refractivity contribution in [2.45, 2.75) is 70.4 Å². The van der Waals surface area contributed by atoms with E-state index in [1.54, 1.807) is 0 Å². The molecule has 0 aromatic carbocycles. The van der Waals surface area contributed by atoms with Crippen molar-refractivity contribution in [2.24, 2.45) is 11.5 Å². The highest BCUT2D eigenvalue weighted by atomic mass is 14.6. The Hall–Kier alpha value is -0.0800. The lowest BCUT2D eigenvalue weighted by Gasteiger charge is -2.05. The van der Waals surface area contributed by atoms with Crippen molar-refractivity contribution in [1.29, 1.82) is 0 Å². The molecule has 2 atom stereocenters. The number of rotatable bonds is 9. The Morgan fingerprint density at radius 3 is 1.71 bits per heavy atom. The molecule has 0 aliphatic carbocycles. The third-order valence-electron chi connectivity index (χ3n) is 2.48. The maximum Gasteiger partial charge on any atom is 0.00394 e. The lowest BCUT2D eigenvalue weighted by atomic mass is 10.0.